The van der Waals surface area contributed by atoms with E-state index in [4.69, 9.17) is 17.3 Å². The van der Waals surface area contributed by atoms with Gasteiger partial charge in [-0.1, -0.05) is 42.8 Å². The first-order valence-corrected chi connectivity index (χ1v) is 12.0. The summed E-state index contributed by atoms with van der Waals surface area (Å²) in [5, 5.41) is 6.21. The van der Waals surface area contributed by atoms with Gasteiger partial charge < -0.3 is 20.9 Å². The largest absolute Gasteiger partial charge is 0.351 e. The quantitative estimate of drug-likeness (QED) is 0.373. The molecule has 10 heteroatoms. The van der Waals surface area contributed by atoms with E-state index >= 15 is 0 Å². The zero-order valence-corrected chi connectivity index (χ0v) is 20.3. The fourth-order valence-corrected chi connectivity index (χ4v) is 4.57. The minimum absolute atomic E-state index is 0.114. The van der Waals surface area contributed by atoms with Crippen LogP contribution in [0, 0.1) is 5.41 Å². The van der Waals surface area contributed by atoms with E-state index in [0.717, 1.165) is 28.6 Å². The molecule has 0 bridgehead atoms. The lowest BCUT2D eigenvalue weighted by Crippen LogP contribution is -2.56. The summed E-state index contributed by atoms with van der Waals surface area (Å²) in [6, 6.07) is 13.1. The van der Waals surface area contributed by atoms with E-state index in [-0.39, 0.29) is 50.9 Å². The van der Waals surface area contributed by atoms with Gasteiger partial charge >= 0.3 is 0 Å². The molecule has 35 heavy (non-hydrogen) atoms. The molecule has 3 amide bonds. The monoisotopic (exact) mass is 496 g/mol. The van der Waals surface area contributed by atoms with Gasteiger partial charge in [0.15, 0.2) is 0 Å². The number of anilines is 1. The minimum atomic E-state index is -1.37. The molecule has 9 nitrogen and oxygen atoms in total. The van der Waals surface area contributed by atoms with Gasteiger partial charge in [0.1, 0.15) is 5.41 Å². The molecule has 0 atom stereocenters. The number of hydrogen-bond acceptors (Lipinski definition) is 5. The maximum atomic E-state index is 13.6. The number of benzene rings is 2. The lowest BCUT2D eigenvalue weighted by molar-refractivity contribution is -0.147. The van der Waals surface area contributed by atoms with Crippen molar-refractivity contribution in [2.24, 2.45) is 11.1 Å². The number of H-pyrrole nitrogens is 1. The van der Waals surface area contributed by atoms with Gasteiger partial charge in [-0.05, 0) is 48.6 Å². The van der Waals surface area contributed by atoms with Gasteiger partial charge in [-0.2, -0.15) is 0 Å². The molecule has 184 valence electrons. The highest BCUT2D eigenvalue weighted by Crippen LogP contribution is 2.34. The lowest BCUT2D eigenvalue weighted by atomic mass is 9.76. The zero-order valence-electron chi connectivity index (χ0n) is 19.6. The molecule has 5 N–H and O–H groups in total. The number of likely N-dealkylation sites (tertiary alicyclic amines) is 1. The number of carbonyl (C=O) groups excluding carboxylic acids is 3. The van der Waals surface area contributed by atoms with Crippen molar-refractivity contribution in [3.05, 3.63) is 58.6 Å². The summed E-state index contributed by atoms with van der Waals surface area (Å²) in [4.78, 5) is 48.3. The number of halogens is 1. The topological polar surface area (TPSA) is 133 Å². The molecule has 1 fully saturated rings. The standard InChI is InChI=1S/C25H29ClN6O3/c1-2-16-7-8-19-20(13-16)30-24(29-19)31-23(35)25(9-11-32(12-10-25)21(33)14-27)22(34)28-15-17-5-3-4-6-18(17)26/h3-8,13H,2,9-12,14-15,27H2,1H3,(H,28,34)(H2,29,30,31,35). The van der Waals surface area contributed by atoms with E-state index in [1.165, 1.54) is 0 Å². The Labute approximate surface area is 208 Å². The minimum Gasteiger partial charge on any atom is -0.351 e. The van der Waals surface area contributed by atoms with Crippen molar-refractivity contribution in [3.63, 3.8) is 0 Å². The summed E-state index contributed by atoms with van der Waals surface area (Å²) >= 11 is 6.23. The molecular formula is C25H29ClN6O3. The summed E-state index contributed by atoms with van der Waals surface area (Å²) in [7, 11) is 0. The Morgan fingerprint density at radius 2 is 1.89 bits per heavy atom. The highest BCUT2D eigenvalue weighted by atomic mass is 35.5. The molecule has 1 saturated heterocycles. The molecule has 0 unspecified atom stereocenters. The number of rotatable bonds is 7. The lowest BCUT2D eigenvalue weighted by Gasteiger charge is -2.39. The molecule has 3 aromatic rings. The van der Waals surface area contributed by atoms with Gasteiger partial charge in [0.2, 0.25) is 23.7 Å². The second kappa shape index (κ2) is 10.5. The number of aromatic nitrogens is 2. The first-order valence-electron chi connectivity index (χ1n) is 11.7. The Bertz CT molecular complexity index is 1250. The Morgan fingerprint density at radius 1 is 1.14 bits per heavy atom. The van der Waals surface area contributed by atoms with Crippen molar-refractivity contribution < 1.29 is 14.4 Å². The molecule has 0 aliphatic carbocycles. The molecule has 0 spiro atoms. The normalized spacial score (nSPS) is 15.1. The SMILES string of the molecule is CCc1ccc2[nH]c(NC(=O)C3(C(=O)NCc4ccccc4Cl)CCN(C(=O)CN)CC3)nc2c1. The number of piperidine rings is 1. The highest BCUT2D eigenvalue weighted by molar-refractivity contribution is 6.31. The highest BCUT2D eigenvalue weighted by Gasteiger charge is 2.48. The number of aryl methyl sites for hydroxylation is 1. The number of carbonyl (C=O) groups is 3. The van der Waals surface area contributed by atoms with Gasteiger partial charge in [-0.3, -0.25) is 19.7 Å². The Balaban J connectivity index is 1.56. The van der Waals surface area contributed by atoms with Gasteiger partial charge in [-0.15, -0.1) is 0 Å². The Kier molecular flexibility index (Phi) is 7.37. The fraction of sp³-hybridized carbons (Fsp3) is 0.360. The number of imidazole rings is 1. The molecule has 0 saturated carbocycles. The van der Waals surface area contributed by atoms with Gasteiger partial charge in [0.05, 0.1) is 17.6 Å². The van der Waals surface area contributed by atoms with E-state index in [1.807, 2.05) is 36.4 Å². The first-order chi connectivity index (χ1) is 16.9. The summed E-state index contributed by atoms with van der Waals surface area (Å²) in [6.07, 6.45) is 1.20. The number of aromatic amines is 1. The fourth-order valence-electron chi connectivity index (χ4n) is 4.37. The first kappa shape index (κ1) is 24.7. The van der Waals surface area contributed by atoms with Crippen LogP contribution in [0.25, 0.3) is 11.0 Å². The van der Waals surface area contributed by atoms with Crippen molar-refractivity contribution in [1.82, 2.24) is 20.2 Å². The van der Waals surface area contributed by atoms with Crippen LogP contribution < -0.4 is 16.4 Å². The molecule has 1 aliphatic heterocycles. The zero-order chi connectivity index (χ0) is 25.0. The molecule has 4 rings (SSSR count). The van der Waals surface area contributed by atoms with Crippen LogP contribution in [0.5, 0.6) is 0 Å². The number of fused-ring (bicyclic) bond motifs is 1. The summed E-state index contributed by atoms with van der Waals surface area (Å²) in [6.45, 7) is 2.63. The van der Waals surface area contributed by atoms with Crippen LogP contribution in [0.4, 0.5) is 5.95 Å². The summed E-state index contributed by atoms with van der Waals surface area (Å²) < 4.78 is 0. The number of hydrogen-bond donors (Lipinski definition) is 4. The van der Waals surface area contributed by atoms with Crippen molar-refractivity contribution >= 4 is 46.3 Å². The maximum Gasteiger partial charge on any atom is 0.242 e. The number of amides is 3. The Hall–Kier alpha value is -3.43. The van der Waals surface area contributed by atoms with E-state index in [2.05, 4.69) is 27.5 Å². The van der Waals surface area contributed by atoms with Crippen LogP contribution in [-0.2, 0) is 27.3 Å². The third-order valence-corrected chi connectivity index (χ3v) is 6.97. The van der Waals surface area contributed by atoms with Gasteiger partial charge in [0, 0.05) is 24.7 Å². The number of nitrogens with one attached hydrogen (secondary N) is 3. The van der Waals surface area contributed by atoms with E-state index in [9.17, 15) is 14.4 Å². The van der Waals surface area contributed by atoms with Gasteiger partial charge in [0.25, 0.3) is 0 Å². The molecule has 1 aliphatic rings. The van der Waals surface area contributed by atoms with Crippen LogP contribution in [0.1, 0.15) is 30.9 Å². The second-order valence-corrected chi connectivity index (χ2v) is 9.09. The van der Waals surface area contributed by atoms with Crippen molar-refractivity contribution in [3.8, 4) is 0 Å². The average molecular weight is 497 g/mol. The predicted octanol–water partition coefficient (Wildman–Crippen LogP) is 2.60. The number of nitrogens with zero attached hydrogens (tertiary/aromatic N) is 2. The van der Waals surface area contributed by atoms with Crippen LogP contribution in [0.15, 0.2) is 42.5 Å². The van der Waals surface area contributed by atoms with Crippen LogP contribution in [0.3, 0.4) is 0 Å². The molecular weight excluding hydrogens is 468 g/mol. The van der Waals surface area contributed by atoms with E-state index in [1.54, 1.807) is 11.0 Å². The van der Waals surface area contributed by atoms with E-state index < -0.39 is 17.2 Å². The van der Waals surface area contributed by atoms with Crippen LogP contribution in [0.2, 0.25) is 5.02 Å². The average Bonchev–Trinajstić information content (AvgIpc) is 3.28. The maximum absolute atomic E-state index is 13.6. The third kappa shape index (κ3) is 5.16. The van der Waals surface area contributed by atoms with Crippen LogP contribution in [-0.4, -0.2) is 52.2 Å². The number of nitrogens with two attached hydrogens (primary N) is 1. The smallest absolute Gasteiger partial charge is 0.242 e. The summed E-state index contributed by atoms with van der Waals surface area (Å²) in [5.74, 6) is -0.820. The van der Waals surface area contributed by atoms with E-state index in [0.29, 0.717) is 5.02 Å². The van der Waals surface area contributed by atoms with Crippen molar-refractivity contribution in [1.29, 1.82) is 0 Å². The summed E-state index contributed by atoms with van der Waals surface area (Å²) in [5.41, 5.74) is 7.53. The van der Waals surface area contributed by atoms with Crippen molar-refractivity contribution in [2.45, 2.75) is 32.7 Å². The molecule has 2 aromatic carbocycles. The molecule has 2 heterocycles. The van der Waals surface area contributed by atoms with Crippen molar-refractivity contribution in [2.75, 3.05) is 25.0 Å². The second-order valence-electron chi connectivity index (χ2n) is 8.69. The predicted molar refractivity (Wildman–Crippen MR) is 135 cm³/mol. The Morgan fingerprint density at radius 3 is 2.57 bits per heavy atom. The molecule has 0 radical (unpaired) electrons. The van der Waals surface area contributed by atoms with Crippen LogP contribution >= 0.6 is 11.6 Å². The molecule has 1 aromatic heterocycles. The van der Waals surface area contributed by atoms with Gasteiger partial charge in [-0.25, -0.2) is 4.98 Å². The third-order valence-electron chi connectivity index (χ3n) is 6.60.